The van der Waals surface area contributed by atoms with Crippen LogP contribution < -0.4 is 15.5 Å². The van der Waals surface area contributed by atoms with Gasteiger partial charge in [-0.25, -0.2) is 8.78 Å². The van der Waals surface area contributed by atoms with Crippen LogP contribution in [0.1, 0.15) is 64.1 Å². The van der Waals surface area contributed by atoms with E-state index in [2.05, 4.69) is 10.6 Å². The lowest BCUT2D eigenvalue weighted by atomic mass is 9.99. The maximum Gasteiger partial charge on any atom is 0.253 e. The maximum absolute atomic E-state index is 14.0. The van der Waals surface area contributed by atoms with E-state index in [4.69, 9.17) is 0 Å². The Bertz CT molecular complexity index is 1340. The van der Waals surface area contributed by atoms with Crippen LogP contribution in [-0.4, -0.2) is 67.7 Å². The first-order chi connectivity index (χ1) is 20.5. The van der Waals surface area contributed by atoms with Gasteiger partial charge in [0.25, 0.3) is 11.8 Å². The fourth-order valence-corrected chi connectivity index (χ4v) is 5.01. The fraction of sp³-hybridized carbons (Fsp3) is 0.412. The minimum absolute atomic E-state index is 0.000814. The van der Waals surface area contributed by atoms with Crippen LogP contribution in [0.5, 0.6) is 0 Å². The van der Waals surface area contributed by atoms with Gasteiger partial charge in [0, 0.05) is 63.2 Å². The SMILES string of the molecule is CCCN(CCC)C(=O)c1cc(C)cc(C(=O)N[C@@H](Cc2cc(F)cc(F)c2)[C@H](O)CNCc2ccc(N(C)C)cc2)c1. The van der Waals surface area contributed by atoms with Crippen LogP contribution in [0.25, 0.3) is 0 Å². The van der Waals surface area contributed by atoms with Gasteiger partial charge in [0.05, 0.1) is 12.1 Å². The van der Waals surface area contributed by atoms with Crippen molar-refractivity contribution in [3.05, 3.63) is 100 Å². The second kappa shape index (κ2) is 16.1. The lowest BCUT2D eigenvalue weighted by Crippen LogP contribution is -2.48. The molecule has 0 heterocycles. The monoisotopic (exact) mass is 594 g/mol. The van der Waals surface area contributed by atoms with Gasteiger partial charge in [0.15, 0.2) is 0 Å². The van der Waals surface area contributed by atoms with Gasteiger partial charge in [-0.05, 0) is 85.3 Å². The van der Waals surface area contributed by atoms with Crippen LogP contribution >= 0.6 is 0 Å². The molecule has 0 aliphatic carbocycles. The number of hydrogen-bond acceptors (Lipinski definition) is 5. The number of carbonyl (C=O) groups is 2. The van der Waals surface area contributed by atoms with E-state index in [1.54, 1.807) is 23.1 Å². The highest BCUT2D eigenvalue weighted by atomic mass is 19.1. The Labute approximate surface area is 253 Å². The zero-order valence-electron chi connectivity index (χ0n) is 25.8. The van der Waals surface area contributed by atoms with E-state index in [9.17, 15) is 23.5 Å². The van der Waals surface area contributed by atoms with Crippen molar-refractivity contribution in [3.63, 3.8) is 0 Å². The first kappa shape index (κ1) is 33.7. The second-order valence-corrected chi connectivity index (χ2v) is 11.2. The number of aliphatic hydroxyl groups is 1. The van der Waals surface area contributed by atoms with Crippen molar-refractivity contribution in [1.82, 2.24) is 15.5 Å². The molecule has 0 bridgehead atoms. The molecule has 3 aromatic rings. The molecular weight excluding hydrogens is 550 g/mol. The molecule has 43 heavy (non-hydrogen) atoms. The molecule has 0 radical (unpaired) electrons. The van der Waals surface area contributed by atoms with E-state index in [0.717, 1.165) is 35.7 Å². The zero-order valence-corrected chi connectivity index (χ0v) is 25.8. The summed E-state index contributed by atoms with van der Waals surface area (Å²) in [5.41, 5.74) is 3.82. The number of halogens is 2. The van der Waals surface area contributed by atoms with E-state index in [1.165, 1.54) is 12.1 Å². The van der Waals surface area contributed by atoms with Crippen LogP contribution in [0.15, 0.2) is 60.7 Å². The smallest absolute Gasteiger partial charge is 0.253 e. The second-order valence-electron chi connectivity index (χ2n) is 11.2. The number of aliphatic hydroxyl groups excluding tert-OH is 1. The average Bonchev–Trinajstić information content (AvgIpc) is 2.95. The van der Waals surface area contributed by atoms with Gasteiger partial charge in [-0.2, -0.15) is 0 Å². The Morgan fingerprint density at radius 2 is 1.47 bits per heavy atom. The van der Waals surface area contributed by atoms with Crippen molar-refractivity contribution in [2.75, 3.05) is 38.6 Å². The van der Waals surface area contributed by atoms with Crippen molar-refractivity contribution >= 4 is 17.5 Å². The highest BCUT2D eigenvalue weighted by molar-refractivity contribution is 6.00. The fourth-order valence-electron chi connectivity index (χ4n) is 5.01. The van der Waals surface area contributed by atoms with E-state index < -0.39 is 29.7 Å². The van der Waals surface area contributed by atoms with Crippen molar-refractivity contribution in [2.45, 2.75) is 58.7 Å². The number of benzene rings is 3. The van der Waals surface area contributed by atoms with Gasteiger partial charge in [-0.1, -0.05) is 26.0 Å². The normalized spacial score (nSPS) is 12.5. The molecule has 9 heteroatoms. The van der Waals surface area contributed by atoms with E-state index in [0.29, 0.717) is 30.8 Å². The van der Waals surface area contributed by atoms with Crippen LogP contribution in [0, 0.1) is 18.6 Å². The van der Waals surface area contributed by atoms with Gasteiger partial charge in [0.1, 0.15) is 11.6 Å². The van der Waals surface area contributed by atoms with Gasteiger partial charge in [-0.3, -0.25) is 9.59 Å². The molecule has 2 atom stereocenters. The quantitative estimate of drug-likeness (QED) is 0.228. The number of hydrogen-bond donors (Lipinski definition) is 3. The minimum Gasteiger partial charge on any atom is -0.390 e. The summed E-state index contributed by atoms with van der Waals surface area (Å²) in [5.74, 6) is -2.11. The molecule has 0 aromatic heterocycles. The lowest BCUT2D eigenvalue weighted by molar-refractivity contribution is 0.0755. The first-order valence-corrected chi connectivity index (χ1v) is 14.8. The van der Waals surface area contributed by atoms with E-state index >= 15 is 0 Å². The third-order valence-corrected chi connectivity index (χ3v) is 7.15. The molecule has 0 aliphatic heterocycles. The molecule has 7 nitrogen and oxygen atoms in total. The first-order valence-electron chi connectivity index (χ1n) is 14.8. The predicted octanol–water partition coefficient (Wildman–Crippen LogP) is 5.09. The minimum atomic E-state index is -1.08. The molecule has 2 amide bonds. The Kier molecular flexibility index (Phi) is 12.6. The molecule has 0 aliphatic rings. The Hall–Kier alpha value is -3.82. The molecular formula is C34H44F2N4O3. The number of aryl methyl sites for hydroxylation is 1. The van der Waals surface area contributed by atoms with Gasteiger partial charge in [0.2, 0.25) is 0 Å². The Balaban J connectivity index is 1.79. The largest absolute Gasteiger partial charge is 0.390 e. The third kappa shape index (κ3) is 10.1. The van der Waals surface area contributed by atoms with Gasteiger partial charge < -0.3 is 25.5 Å². The summed E-state index contributed by atoms with van der Waals surface area (Å²) in [4.78, 5) is 30.5. The maximum atomic E-state index is 14.0. The summed E-state index contributed by atoms with van der Waals surface area (Å²) >= 11 is 0. The molecule has 0 spiro atoms. The number of amides is 2. The molecule has 232 valence electrons. The summed E-state index contributed by atoms with van der Waals surface area (Å²) in [7, 11) is 3.93. The standard InChI is InChI=1S/C34H44F2N4O3/c1-6-12-40(13-7-2)34(43)27-15-23(3)14-26(19-27)33(42)38-31(18-25-16-28(35)20-29(36)17-25)32(41)22-37-21-24-8-10-30(11-9-24)39(4)5/h8-11,14-17,19-20,31-32,37,41H,6-7,12-13,18,21-22H2,1-5H3,(H,38,42)/t31-,32+/m0/s1. The zero-order chi connectivity index (χ0) is 31.5. The summed E-state index contributed by atoms with van der Waals surface area (Å²) in [6.07, 6.45) is 0.562. The van der Waals surface area contributed by atoms with E-state index in [1.807, 2.05) is 64.0 Å². The predicted molar refractivity (Wildman–Crippen MR) is 167 cm³/mol. The molecule has 0 saturated heterocycles. The molecule has 3 N–H and O–H groups in total. The van der Waals surface area contributed by atoms with Crippen LogP contribution in [-0.2, 0) is 13.0 Å². The molecule has 0 fully saturated rings. The van der Waals surface area contributed by atoms with Gasteiger partial charge in [-0.15, -0.1) is 0 Å². The molecule has 0 unspecified atom stereocenters. The summed E-state index contributed by atoms with van der Waals surface area (Å²) in [5, 5.41) is 17.2. The highest BCUT2D eigenvalue weighted by Gasteiger charge is 2.24. The van der Waals surface area contributed by atoms with Crippen molar-refractivity contribution in [2.24, 2.45) is 0 Å². The topological polar surface area (TPSA) is 84.9 Å². The number of anilines is 1. The molecule has 3 rings (SSSR count). The number of carbonyl (C=O) groups excluding carboxylic acids is 2. The third-order valence-electron chi connectivity index (χ3n) is 7.15. The van der Waals surface area contributed by atoms with Crippen LogP contribution in [0.3, 0.4) is 0 Å². The number of rotatable bonds is 15. The average molecular weight is 595 g/mol. The van der Waals surface area contributed by atoms with E-state index in [-0.39, 0.29) is 24.4 Å². The molecule has 3 aromatic carbocycles. The number of nitrogens with zero attached hydrogens (tertiary/aromatic N) is 2. The van der Waals surface area contributed by atoms with Gasteiger partial charge >= 0.3 is 0 Å². The highest BCUT2D eigenvalue weighted by Crippen LogP contribution is 2.17. The Morgan fingerprint density at radius 1 is 0.860 bits per heavy atom. The summed E-state index contributed by atoms with van der Waals surface area (Å²) in [6, 6.07) is 15.3. The van der Waals surface area contributed by atoms with Crippen LogP contribution in [0.4, 0.5) is 14.5 Å². The molecule has 0 saturated carbocycles. The van der Waals surface area contributed by atoms with Crippen LogP contribution in [0.2, 0.25) is 0 Å². The summed E-state index contributed by atoms with van der Waals surface area (Å²) in [6.45, 7) is 7.68. The number of nitrogens with one attached hydrogen (secondary N) is 2. The summed E-state index contributed by atoms with van der Waals surface area (Å²) < 4.78 is 27.9. The van der Waals surface area contributed by atoms with Crippen molar-refractivity contribution in [3.8, 4) is 0 Å². The lowest BCUT2D eigenvalue weighted by Gasteiger charge is -2.25. The van der Waals surface area contributed by atoms with Crippen molar-refractivity contribution < 1.29 is 23.5 Å². The van der Waals surface area contributed by atoms with Crippen molar-refractivity contribution in [1.29, 1.82) is 0 Å². The Morgan fingerprint density at radius 3 is 2.05 bits per heavy atom.